The van der Waals surface area contributed by atoms with E-state index in [-0.39, 0.29) is 35.0 Å². The molecule has 0 saturated carbocycles. The molecule has 1 aromatic heterocycles. The zero-order chi connectivity index (χ0) is 7.11. The molecule has 11 heavy (non-hydrogen) atoms. The van der Waals surface area contributed by atoms with Gasteiger partial charge in [-0.1, -0.05) is 0 Å². The number of hydrogen-bond acceptors (Lipinski definition) is 4. The first-order valence-corrected chi connectivity index (χ1v) is 3.17. The standard InChI is InChI=1S/C3H3NS.C2H4O2.Na.H2O/c1-2-5-3-4-1;1-2(3)4;;/h1-3H;1H3,(H,3,4);;1H2/q;;+1;/p-1. The Morgan fingerprint density at radius 3 is 2.18 bits per heavy atom. The van der Waals surface area contributed by atoms with Crippen LogP contribution in [-0.4, -0.2) is 16.4 Å². The summed E-state index contributed by atoms with van der Waals surface area (Å²) in [6.07, 6.45) is 1.77. The van der Waals surface area contributed by atoms with Crippen molar-refractivity contribution in [3.63, 3.8) is 0 Å². The molecule has 2 N–H and O–H groups in total. The van der Waals surface area contributed by atoms with Crippen molar-refractivity contribution in [2.45, 2.75) is 6.92 Å². The van der Waals surface area contributed by atoms with Crippen LogP contribution in [0.1, 0.15) is 6.92 Å². The molecule has 0 unspecified atom stereocenters. The van der Waals surface area contributed by atoms with Crippen LogP contribution in [0.2, 0.25) is 0 Å². The summed E-state index contributed by atoms with van der Waals surface area (Å²) in [5.41, 5.74) is 1.79. The van der Waals surface area contributed by atoms with Gasteiger partial charge < -0.3 is 15.4 Å². The summed E-state index contributed by atoms with van der Waals surface area (Å²) in [6.45, 7) is 0.972. The number of carbonyl (C=O) groups excluding carboxylic acids is 1. The molecule has 1 heterocycles. The Labute approximate surface area is 90.9 Å². The van der Waals surface area contributed by atoms with E-state index in [2.05, 4.69) is 4.98 Å². The fourth-order valence-corrected chi connectivity index (χ4v) is 0.527. The predicted molar refractivity (Wildman–Crippen MR) is 36.4 cm³/mol. The van der Waals surface area contributed by atoms with Crippen molar-refractivity contribution >= 4 is 17.3 Å². The zero-order valence-corrected chi connectivity index (χ0v) is 9.22. The molecular weight excluding hydrogens is 177 g/mol. The number of thiazole rings is 1. The minimum absolute atomic E-state index is 0. The molecule has 0 atom stereocenters. The average Bonchev–Trinajstić information content (AvgIpc) is 2.11. The second-order valence-corrected chi connectivity index (χ2v) is 1.92. The minimum atomic E-state index is -1.08. The maximum atomic E-state index is 8.89. The number of rotatable bonds is 0. The molecule has 0 aliphatic heterocycles. The van der Waals surface area contributed by atoms with Gasteiger partial charge in [0.1, 0.15) is 0 Å². The quantitative estimate of drug-likeness (QED) is 0.387. The molecular formula is C5H8NNaO3S. The molecule has 0 aliphatic rings. The van der Waals surface area contributed by atoms with Crippen LogP contribution in [-0.2, 0) is 4.79 Å². The summed E-state index contributed by atoms with van der Waals surface area (Å²) in [7, 11) is 0. The number of hydrogen-bond donors (Lipinski definition) is 0. The molecule has 0 aliphatic carbocycles. The van der Waals surface area contributed by atoms with Crippen LogP contribution in [0.3, 0.4) is 0 Å². The summed E-state index contributed by atoms with van der Waals surface area (Å²) in [5.74, 6) is -1.08. The number of nitrogens with zero attached hydrogens (tertiary/aromatic N) is 1. The van der Waals surface area contributed by atoms with Gasteiger partial charge in [-0.15, -0.1) is 11.3 Å². The average molecular weight is 185 g/mol. The maximum absolute atomic E-state index is 8.89. The number of carbonyl (C=O) groups is 1. The molecule has 0 bridgehead atoms. The number of aromatic nitrogens is 1. The normalized spacial score (nSPS) is 5.91. The van der Waals surface area contributed by atoms with E-state index in [1.165, 1.54) is 0 Å². The van der Waals surface area contributed by atoms with Crippen molar-refractivity contribution in [3.05, 3.63) is 17.1 Å². The Balaban J connectivity index is -0.000000101. The van der Waals surface area contributed by atoms with Gasteiger partial charge in [-0.25, -0.2) is 0 Å². The van der Waals surface area contributed by atoms with Crippen molar-refractivity contribution in [3.8, 4) is 0 Å². The van der Waals surface area contributed by atoms with E-state index in [1.54, 1.807) is 23.0 Å². The monoisotopic (exact) mass is 185 g/mol. The number of aliphatic carboxylic acids is 1. The fraction of sp³-hybridized carbons (Fsp3) is 0.200. The van der Waals surface area contributed by atoms with Crippen LogP contribution >= 0.6 is 11.3 Å². The van der Waals surface area contributed by atoms with E-state index in [0.29, 0.717) is 0 Å². The molecule has 0 spiro atoms. The molecule has 0 fully saturated rings. The first kappa shape index (κ1) is 17.2. The minimum Gasteiger partial charge on any atom is -0.550 e. The Kier molecular flexibility index (Phi) is 19.9. The van der Waals surface area contributed by atoms with Gasteiger partial charge in [0.25, 0.3) is 0 Å². The van der Waals surface area contributed by atoms with Crippen LogP contribution in [0.5, 0.6) is 0 Å². The van der Waals surface area contributed by atoms with Crippen molar-refractivity contribution < 1.29 is 44.9 Å². The third kappa shape index (κ3) is 25.5. The third-order valence-electron chi connectivity index (χ3n) is 0.347. The van der Waals surface area contributed by atoms with Gasteiger partial charge >= 0.3 is 29.6 Å². The van der Waals surface area contributed by atoms with Gasteiger partial charge in [0.2, 0.25) is 0 Å². The van der Waals surface area contributed by atoms with Gasteiger partial charge in [-0.05, 0) is 6.92 Å². The second-order valence-electron chi connectivity index (χ2n) is 1.17. The predicted octanol–water partition coefficient (Wildman–Crippen LogP) is -3.92. The second kappa shape index (κ2) is 12.7. The summed E-state index contributed by atoms with van der Waals surface area (Å²) < 4.78 is 0. The van der Waals surface area contributed by atoms with Gasteiger partial charge in [-0.2, -0.15) is 0 Å². The largest absolute Gasteiger partial charge is 1.00 e. The fourth-order valence-electron chi connectivity index (χ4n) is 0.176. The molecule has 4 nitrogen and oxygen atoms in total. The summed E-state index contributed by atoms with van der Waals surface area (Å²) in [6, 6.07) is 0. The van der Waals surface area contributed by atoms with E-state index in [9.17, 15) is 0 Å². The van der Waals surface area contributed by atoms with E-state index in [0.717, 1.165) is 6.92 Å². The third-order valence-corrected chi connectivity index (χ3v) is 0.869. The van der Waals surface area contributed by atoms with Crippen molar-refractivity contribution in [2.24, 2.45) is 0 Å². The first-order chi connectivity index (χ1) is 4.23. The van der Waals surface area contributed by atoms with Gasteiger partial charge in [0, 0.05) is 17.5 Å². The molecule has 0 aromatic carbocycles. The Morgan fingerprint density at radius 2 is 2.09 bits per heavy atom. The molecule has 1 aromatic rings. The maximum Gasteiger partial charge on any atom is 1.00 e. The molecule has 0 radical (unpaired) electrons. The van der Waals surface area contributed by atoms with E-state index >= 15 is 0 Å². The molecule has 1 rings (SSSR count). The number of carboxylic acid groups (broad SMARTS) is 1. The zero-order valence-electron chi connectivity index (χ0n) is 6.40. The molecule has 0 amide bonds. The van der Waals surface area contributed by atoms with Gasteiger partial charge in [-0.3, -0.25) is 4.98 Å². The van der Waals surface area contributed by atoms with Crippen LogP contribution in [0.15, 0.2) is 17.1 Å². The van der Waals surface area contributed by atoms with Crippen LogP contribution < -0.4 is 34.7 Å². The van der Waals surface area contributed by atoms with Crippen LogP contribution in [0.25, 0.3) is 0 Å². The Morgan fingerprint density at radius 1 is 1.64 bits per heavy atom. The number of carboxylic acids is 1. The summed E-state index contributed by atoms with van der Waals surface area (Å²) >= 11 is 1.60. The first-order valence-electron chi connectivity index (χ1n) is 2.23. The Hall–Kier alpha value is 0.0600. The van der Waals surface area contributed by atoms with Crippen molar-refractivity contribution in [1.82, 2.24) is 4.98 Å². The van der Waals surface area contributed by atoms with Crippen molar-refractivity contribution in [1.29, 1.82) is 0 Å². The molecule has 0 saturated heterocycles. The molecule has 6 heteroatoms. The topological polar surface area (TPSA) is 84.5 Å². The van der Waals surface area contributed by atoms with Crippen LogP contribution in [0, 0.1) is 0 Å². The van der Waals surface area contributed by atoms with E-state index in [4.69, 9.17) is 9.90 Å². The summed E-state index contributed by atoms with van der Waals surface area (Å²) in [4.78, 5) is 12.6. The van der Waals surface area contributed by atoms with E-state index in [1.807, 2.05) is 5.38 Å². The summed E-state index contributed by atoms with van der Waals surface area (Å²) in [5, 5.41) is 10.8. The van der Waals surface area contributed by atoms with Crippen LogP contribution in [0.4, 0.5) is 0 Å². The van der Waals surface area contributed by atoms with Gasteiger partial charge in [0.05, 0.1) is 5.51 Å². The smallest absolute Gasteiger partial charge is 0.550 e. The van der Waals surface area contributed by atoms with E-state index < -0.39 is 5.97 Å². The Bertz CT molecular complexity index is 136. The molecule has 58 valence electrons. The van der Waals surface area contributed by atoms with Crippen molar-refractivity contribution in [2.75, 3.05) is 0 Å². The SMILES string of the molecule is CC(=O)[O-].O.[Na+].c1cscn1. The van der Waals surface area contributed by atoms with Gasteiger partial charge in [0.15, 0.2) is 0 Å².